The van der Waals surface area contributed by atoms with Crippen LogP contribution >= 0.6 is 0 Å². The highest BCUT2D eigenvalue weighted by Gasteiger charge is 2.17. The first-order valence-corrected chi connectivity index (χ1v) is 9.77. The number of hydrogen-bond donors (Lipinski definition) is 1. The van der Waals surface area contributed by atoms with E-state index in [1.54, 1.807) is 42.5 Å². The fraction of sp³-hybridized carbons (Fsp3) is 0.160. The summed E-state index contributed by atoms with van der Waals surface area (Å²) in [4.78, 5) is 36.4. The Labute approximate surface area is 180 Å². The van der Waals surface area contributed by atoms with Gasteiger partial charge in [0, 0.05) is 13.5 Å². The number of carbonyl (C=O) groups is 3. The van der Waals surface area contributed by atoms with Crippen LogP contribution in [0.4, 0.5) is 0 Å². The minimum atomic E-state index is -0.579. The van der Waals surface area contributed by atoms with Gasteiger partial charge in [-0.3, -0.25) is 4.79 Å². The highest BCUT2D eigenvalue weighted by Crippen LogP contribution is 2.30. The van der Waals surface area contributed by atoms with E-state index in [2.05, 4.69) is 5.32 Å². The van der Waals surface area contributed by atoms with Crippen molar-refractivity contribution in [3.8, 4) is 11.5 Å². The molecule has 0 fully saturated rings. The average molecular weight is 417 g/mol. The minimum Gasteiger partial charge on any atom is -0.419 e. The van der Waals surface area contributed by atoms with Gasteiger partial charge in [-0.05, 0) is 55.8 Å². The maximum absolute atomic E-state index is 12.6. The molecule has 0 atom stereocenters. The van der Waals surface area contributed by atoms with Crippen molar-refractivity contribution in [2.24, 2.45) is 0 Å². The Morgan fingerprint density at radius 1 is 0.710 bits per heavy atom. The summed E-state index contributed by atoms with van der Waals surface area (Å²) in [7, 11) is 0. The molecule has 0 heterocycles. The summed E-state index contributed by atoms with van der Waals surface area (Å²) in [5, 5.41) is 2.68. The molecule has 0 aliphatic heterocycles. The molecule has 0 spiro atoms. The molecular weight excluding hydrogens is 394 g/mol. The molecule has 0 saturated carbocycles. The van der Waals surface area contributed by atoms with Gasteiger partial charge in [-0.15, -0.1) is 0 Å². The molecule has 0 aromatic heterocycles. The highest BCUT2D eigenvalue weighted by atomic mass is 16.6. The number of benzene rings is 3. The van der Waals surface area contributed by atoms with Gasteiger partial charge < -0.3 is 14.8 Å². The Morgan fingerprint density at radius 2 is 1.19 bits per heavy atom. The zero-order valence-corrected chi connectivity index (χ0v) is 17.6. The molecule has 1 amide bonds. The molecule has 0 aliphatic carbocycles. The molecule has 0 aliphatic rings. The Kier molecular flexibility index (Phi) is 6.82. The van der Waals surface area contributed by atoms with Crippen LogP contribution < -0.4 is 14.8 Å². The van der Waals surface area contributed by atoms with Crippen LogP contribution in [0.15, 0.2) is 66.7 Å². The fourth-order valence-electron chi connectivity index (χ4n) is 2.75. The molecular formula is C25H23NO5. The van der Waals surface area contributed by atoms with Gasteiger partial charge in [0.25, 0.3) is 0 Å². The monoisotopic (exact) mass is 417 g/mol. The molecule has 3 rings (SSSR count). The predicted octanol–water partition coefficient (Wildman–Crippen LogP) is 4.38. The van der Waals surface area contributed by atoms with Gasteiger partial charge in [0.2, 0.25) is 5.91 Å². The van der Waals surface area contributed by atoms with Crippen molar-refractivity contribution in [1.29, 1.82) is 0 Å². The first kappa shape index (κ1) is 21.8. The van der Waals surface area contributed by atoms with Crippen LogP contribution in [0.3, 0.4) is 0 Å². The van der Waals surface area contributed by atoms with E-state index in [0.717, 1.165) is 11.1 Å². The first-order chi connectivity index (χ1) is 14.8. The van der Waals surface area contributed by atoms with Crippen LogP contribution in [0.5, 0.6) is 11.5 Å². The van der Waals surface area contributed by atoms with Crippen molar-refractivity contribution in [3.05, 3.63) is 94.5 Å². The van der Waals surface area contributed by atoms with Crippen LogP contribution in [0.1, 0.15) is 44.3 Å². The van der Waals surface area contributed by atoms with Crippen molar-refractivity contribution in [3.63, 3.8) is 0 Å². The molecule has 0 radical (unpaired) electrons. The number of nitrogens with one attached hydrogen (secondary N) is 1. The Hall–Kier alpha value is -3.93. The van der Waals surface area contributed by atoms with Crippen LogP contribution in [0.25, 0.3) is 0 Å². The number of ether oxygens (including phenoxy) is 2. The van der Waals surface area contributed by atoms with Crippen molar-refractivity contribution in [2.75, 3.05) is 0 Å². The number of hydrogen-bond acceptors (Lipinski definition) is 5. The maximum Gasteiger partial charge on any atom is 0.343 e. The van der Waals surface area contributed by atoms with Crippen molar-refractivity contribution in [2.45, 2.75) is 27.3 Å². The summed E-state index contributed by atoms with van der Waals surface area (Å²) in [5.74, 6) is -1.13. The molecule has 0 bridgehead atoms. The number of amides is 1. The lowest BCUT2D eigenvalue weighted by atomic mass is 10.1. The molecule has 3 aromatic carbocycles. The molecule has 1 N–H and O–H groups in total. The quantitative estimate of drug-likeness (QED) is 0.476. The first-order valence-electron chi connectivity index (χ1n) is 9.77. The van der Waals surface area contributed by atoms with Crippen LogP contribution in [-0.4, -0.2) is 17.8 Å². The van der Waals surface area contributed by atoms with E-state index in [-0.39, 0.29) is 24.0 Å². The molecule has 158 valence electrons. The third-order valence-corrected chi connectivity index (χ3v) is 4.53. The topological polar surface area (TPSA) is 81.7 Å². The van der Waals surface area contributed by atoms with Gasteiger partial charge in [0.05, 0.1) is 11.1 Å². The van der Waals surface area contributed by atoms with Gasteiger partial charge in [0.15, 0.2) is 11.5 Å². The predicted molar refractivity (Wildman–Crippen MR) is 116 cm³/mol. The maximum atomic E-state index is 12.6. The summed E-state index contributed by atoms with van der Waals surface area (Å²) in [6.45, 7) is 5.50. The van der Waals surface area contributed by atoms with Gasteiger partial charge >= 0.3 is 11.9 Å². The lowest BCUT2D eigenvalue weighted by molar-refractivity contribution is -0.119. The SMILES string of the molecule is CC(=O)NCc1ccc(OC(=O)c2ccc(C)cc2)c(OC(=O)c2ccc(C)cc2)c1. The number of aryl methyl sites for hydroxylation is 2. The minimum absolute atomic E-state index is 0.0916. The molecule has 0 unspecified atom stereocenters. The molecule has 6 nitrogen and oxygen atoms in total. The normalized spacial score (nSPS) is 10.3. The lowest BCUT2D eigenvalue weighted by Crippen LogP contribution is -2.19. The Morgan fingerprint density at radius 3 is 1.68 bits per heavy atom. The number of carbonyl (C=O) groups excluding carboxylic acids is 3. The molecule has 0 saturated heterocycles. The van der Waals surface area contributed by atoms with E-state index in [1.165, 1.54) is 6.92 Å². The molecule has 3 aromatic rings. The van der Waals surface area contributed by atoms with E-state index in [0.29, 0.717) is 16.7 Å². The van der Waals surface area contributed by atoms with Crippen molar-refractivity contribution in [1.82, 2.24) is 5.32 Å². The second-order valence-corrected chi connectivity index (χ2v) is 7.20. The largest absolute Gasteiger partial charge is 0.419 e. The van der Waals surface area contributed by atoms with Crippen LogP contribution in [0.2, 0.25) is 0 Å². The summed E-state index contributed by atoms with van der Waals surface area (Å²) in [6, 6.07) is 18.7. The van der Waals surface area contributed by atoms with Crippen LogP contribution in [0, 0.1) is 13.8 Å². The third-order valence-electron chi connectivity index (χ3n) is 4.53. The lowest BCUT2D eigenvalue weighted by Gasteiger charge is -2.13. The average Bonchev–Trinajstić information content (AvgIpc) is 2.74. The highest BCUT2D eigenvalue weighted by molar-refractivity contribution is 5.93. The molecule has 6 heteroatoms. The summed E-state index contributed by atoms with van der Waals surface area (Å²) in [6.07, 6.45) is 0. The zero-order valence-electron chi connectivity index (χ0n) is 17.6. The Balaban J connectivity index is 1.86. The van der Waals surface area contributed by atoms with Gasteiger partial charge in [-0.25, -0.2) is 9.59 Å². The van der Waals surface area contributed by atoms with E-state index in [1.807, 2.05) is 38.1 Å². The summed E-state index contributed by atoms with van der Waals surface area (Å²) >= 11 is 0. The van der Waals surface area contributed by atoms with Gasteiger partial charge in [-0.2, -0.15) is 0 Å². The summed E-state index contributed by atoms with van der Waals surface area (Å²) in [5.41, 5.74) is 3.47. The van der Waals surface area contributed by atoms with E-state index >= 15 is 0 Å². The third kappa shape index (κ3) is 6.02. The van der Waals surface area contributed by atoms with Gasteiger partial charge in [-0.1, -0.05) is 41.5 Å². The fourth-order valence-corrected chi connectivity index (χ4v) is 2.75. The zero-order chi connectivity index (χ0) is 22.4. The Bertz CT molecular complexity index is 1100. The summed E-state index contributed by atoms with van der Waals surface area (Å²) < 4.78 is 11.1. The van der Waals surface area contributed by atoms with Gasteiger partial charge in [0.1, 0.15) is 0 Å². The second-order valence-electron chi connectivity index (χ2n) is 7.20. The van der Waals surface area contributed by atoms with E-state index < -0.39 is 11.9 Å². The smallest absolute Gasteiger partial charge is 0.343 e. The van der Waals surface area contributed by atoms with E-state index in [9.17, 15) is 14.4 Å². The standard InChI is InChI=1S/C25H23NO5/c1-16-4-9-20(10-5-16)24(28)30-22-13-8-19(15-26-18(3)27)14-23(22)31-25(29)21-11-6-17(2)7-12-21/h4-14H,15H2,1-3H3,(H,26,27). The number of rotatable bonds is 6. The van der Waals surface area contributed by atoms with E-state index in [4.69, 9.17) is 9.47 Å². The number of esters is 2. The van der Waals surface area contributed by atoms with Crippen LogP contribution in [-0.2, 0) is 11.3 Å². The van der Waals surface area contributed by atoms with Crippen molar-refractivity contribution < 1.29 is 23.9 Å². The molecule has 31 heavy (non-hydrogen) atoms. The second kappa shape index (κ2) is 9.71. The van der Waals surface area contributed by atoms with Crippen molar-refractivity contribution >= 4 is 17.8 Å².